The highest BCUT2D eigenvalue weighted by atomic mass is 19.1. The summed E-state index contributed by atoms with van der Waals surface area (Å²) in [6, 6.07) is 6.03. The summed E-state index contributed by atoms with van der Waals surface area (Å²) in [5.74, 6) is -1.23. The van der Waals surface area contributed by atoms with Gasteiger partial charge >= 0.3 is 0 Å². The fourth-order valence-corrected chi connectivity index (χ4v) is 2.97. The van der Waals surface area contributed by atoms with E-state index in [-0.39, 0.29) is 11.1 Å². The van der Waals surface area contributed by atoms with E-state index in [1.165, 1.54) is 6.07 Å². The highest BCUT2D eigenvalue weighted by molar-refractivity contribution is 5.80. The maximum Gasteiger partial charge on any atom is 0.217 e. The molecule has 5 heteroatoms. The maximum atomic E-state index is 14.2. The smallest absolute Gasteiger partial charge is 0.217 e. The van der Waals surface area contributed by atoms with Gasteiger partial charge in [0.2, 0.25) is 5.95 Å². The second kappa shape index (κ2) is 5.86. The third kappa shape index (κ3) is 3.32. The van der Waals surface area contributed by atoms with E-state index in [2.05, 4.69) is 23.7 Å². The Morgan fingerprint density at radius 2 is 1.91 bits per heavy atom. The molecule has 1 aromatic heterocycles. The van der Waals surface area contributed by atoms with E-state index < -0.39 is 11.8 Å². The standard InChI is InChI=1S/C18H19F2N3/c1-18(2)3-5-23(6-4-18)11-14-8-12-7-13(10-21)15(19)9-16(12)22-17(14)20/h7-9H,3-6,11H2,1-2H3. The summed E-state index contributed by atoms with van der Waals surface area (Å²) in [4.78, 5) is 6.08. The van der Waals surface area contributed by atoms with Gasteiger partial charge in [0, 0.05) is 23.6 Å². The molecule has 0 atom stereocenters. The molecule has 0 amide bonds. The summed E-state index contributed by atoms with van der Waals surface area (Å²) in [7, 11) is 0. The first-order chi connectivity index (χ1) is 10.9. The molecule has 0 aliphatic carbocycles. The Labute approximate surface area is 134 Å². The van der Waals surface area contributed by atoms with Crippen molar-refractivity contribution < 1.29 is 8.78 Å². The number of pyridine rings is 1. The quantitative estimate of drug-likeness (QED) is 0.786. The highest BCUT2D eigenvalue weighted by Crippen LogP contribution is 2.30. The molecule has 23 heavy (non-hydrogen) atoms. The fourth-order valence-electron chi connectivity index (χ4n) is 2.97. The lowest BCUT2D eigenvalue weighted by molar-refractivity contribution is 0.126. The Balaban J connectivity index is 1.88. The molecule has 1 saturated heterocycles. The highest BCUT2D eigenvalue weighted by Gasteiger charge is 2.25. The fraction of sp³-hybridized carbons (Fsp3) is 0.444. The van der Waals surface area contributed by atoms with Gasteiger partial charge in [-0.3, -0.25) is 4.90 Å². The van der Waals surface area contributed by atoms with Crippen LogP contribution in [0.25, 0.3) is 10.9 Å². The van der Waals surface area contributed by atoms with E-state index in [9.17, 15) is 8.78 Å². The lowest BCUT2D eigenvalue weighted by atomic mass is 9.82. The number of hydrogen-bond acceptors (Lipinski definition) is 3. The first kappa shape index (κ1) is 15.8. The summed E-state index contributed by atoms with van der Waals surface area (Å²) in [5.41, 5.74) is 1.03. The normalized spacial score (nSPS) is 18.0. The number of rotatable bonds is 2. The molecule has 3 nitrogen and oxygen atoms in total. The second-order valence-electron chi connectivity index (χ2n) is 7.02. The van der Waals surface area contributed by atoms with Crippen molar-refractivity contribution in [2.24, 2.45) is 5.41 Å². The summed E-state index contributed by atoms with van der Waals surface area (Å²) >= 11 is 0. The summed E-state index contributed by atoms with van der Waals surface area (Å²) < 4.78 is 27.8. The van der Waals surface area contributed by atoms with E-state index in [1.807, 2.05) is 0 Å². The first-order valence-electron chi connectivity index (χ1n) is 7.79. The average molecular weight is 315 g/mol. The molecular weight excluding hydrogens is 296 g/mol. The van der Waals surface area contributed by atoms with Crippen molar-refractivity contribution in [1.82, 2.24) is 9.88 Å². The predicted molar refractivity (Wildman–Crippen MR) is 84.7 cm³/mol. The van der Waals surface area contributed by atoms with E-state index >= 15 is 0 Å². The molecule has 1 aliphatic rings. The van der Waals surface area contributed by atoms with Crippen molar-refractivity contribution in [2.45, 2.75) is 33.2 Å². The van der Waals surface area contributed by atoms with Crippen molar-refractivity contribution in [3.8, 4) is 6.07 Å². The monoisotopic (exact) mass is 315 g/mol. The van der Waals surface area contributed by atoms with E-state index in [0.717, 1.165) is 32.0 Å². The van der Waals surface area contributed by atoms with Crippen LogP contribution in [0.4, 0.5) is 8.78 Å². The molecule has 2 heterocycles. The topological polar surface area (TPSA) is 39.9 Å². The van der Waals surface area contributed by atoms with Gasteiger partial charge in [-0.25, -0.2) is 9.37 Å². The zero-order valence-electron chi connectivity index (χ0n) is 13.4. The van der Waals surface area contributed by atoms with Crippen LogP contribution in [-0.2, 0) is 6.54 Å². The zero-order valence-corrected chi connectivity index (χ0v) is 13.4. The largest absolute Gasteiger partial charge is 0.299 e. The van der Waals surface area contributed by atoms with Crippen LogP contribution in [0.5, 0.6) is 0 Å². The first-order valence-corrected chi connectivity index (χ1v) is 7.79. The lowest BCUT2D eigenvalue weighted by Gasteiger charge is -2.36. The summed E-state index contributed by atoms with van der Waals surface area (Å²) in [5, 5.41) is 9.51. The van der Waals surface area contributed by atoms with Gasteiger partial charge in [0.05, 0.1) is 11.1 Å². The van der Waals surface area contributed by atoms with Crippen molar-refractivity contribution in [2.75, 3.05) is 13.1 Å². The molecule has 1 fully saturated rings. The Morgan fingerprint density at radius 1 is 1.22 bits per heavy atom. The molecular formula is C18H19F2N3. The van der Waals surface area contributed by atoms with Gasteiger partial charge < -0.3 is 0 Å². The van der Waals surface area contributed by atoms with E-state index in [4.69, 9.17) is 5.26 Å². The van der Waals surface area contributed by atoms with Crippen LogP contribution in [-0.4, -0.2) is 23.0 Å². The minimum absolute atomic E-state index is 0.0448. The molecule has 120 valence electrons. The van der Waals surface area contributed by atoms with Crippen LogP contribution in [0, 0.1) is 28.5 Å². The van der Waals surface area contributed by atoms with Crippen molar-refractivity contribution in [3.63, 3.8) is 0 Å². The van der Waals surface area contributed by atoms with Crippen LogP contribution in [0.2, 0.25) is 0 Å². The number of nitrogens with zero attached hydrogens (tertiary/aromatic N) is 3. The number of hydrogen-bond donors (Lipinski definition) is 0. The Morgan fingerprint density at radius 3 is 2.57 bits per heavy atom. The van der Waals surface area contributed by atoms with E-state index in [1.54, 1.807) is 12.1 Å². The maximum absolute atomic E-state index is 14.2. The summed E-state index contributed by atoms with van der Waals surface area (Å²) in [6.45, 7) is 6.85. The zero-order chi connectivity index (χ0) is 16.6. The molecule has 0 radical (unpaired) electrons. The van der Waals surface area contributed by atoms with Crippen LogP contribution >= 0.6 is 0 Å². The van der Waals surface area contributed by atoms with Gasteiger partial charge in [0.15, 0.2) is 0 Å². The molecule has 0 bridgehead atoms. The number of fused-ring (bicyclic) bond motifs is 1. The van der Waals surface area contributed by atoms with E-state index in [0.29, 0.717) is 22.9 Å². The number of benzene rings is 1. The Kier molecular flexibility index (Phi) is 4.03. The number of piperidine rings is 1. The molecule has 3 rings (SSSR count). The molecule has 0 spiro atoms. The predicted octanol–water partition coefficient (Wildman–Crippen LogP) is 4.01. The molecule has 0 unspecified atom stereocenters. The van der Waals surface area contributed by atoms with Crippen LogP contribution in [0.15, 0.2) is 18.2 Å². The number of halogens is 2. The third-order valence-electron chi connectivity index (χ3n) is 4.65. The number of likely N-dealkylation sites (tertiary alicyclic amines) is 1. The molecule has 2 aromatic rings. The van der Waals surface area contributed by atoms with Crippen molar-refractivity contribution in [3.05, 3.63) is 41.1 Å². The van der Waals surface area contributed by atoms with Crippen LogP contribution in [0.1, 0.15) is 37.8 Å². The van der Waals surface area contributed by atoms with Gasteiger partial charge in [-0.05, 0) is 43.5 Å². The second-order valence-corrected chi connectivity index (χ2v) is 7.02. The van der Waals surface area contributed by atoms with Gasteiger partial charge in [0.1, 0.15) is 11.9 Å². The average Bonchev–Trinajstić information content (AvgIpc) is 2.50. The van der Waals surface area contributed by atoms with Crippen molar-refractivity contribution >= 4 is 10.9 Å². The molecule has 0 saturated carbocycles. The van der Waals surface area contributed by atoms with Crippen LogP contribution < -0.4 is 0 Å². The van der Waals surface area contributed by atoms with Gasteiger partial charge in [-0.2, -0.15) is 9.65 Å². The molecule has 0 N–H and O–H groups in total. The van der Waals surface area contributed by atoms with Gasteiger partial charge in [-0.15, -0.1) is 0 Å². The Bertz CT molecular complexity index is 783. The lowest BCUT2D eigenvalue weighted by Crippen LogP contribution is -2.37. The molecule has 1 aliphatic heterocycles. The van der Waals surface area contributed by atoms with Crippen LogP contribution in [0.3, 0.4) is 0 Å². The Hall–Kier alpha value is -2.06. The van der Waals surface area contributed by atoms with Crippen molar-refractivity contribution in [1.29, 1.82) is 5.26 Å². The SMILES string of the molecule is CC1(C)CCN(Cc2cc3cc(C#N)c(F)cc3nc2F)CC1. The number of aromatic nitrogens is 1. The third-order valence-corrected chi connectivity index (χ3v) is 4.65. The molecule has 1 aromatic carbocycles. The van der Waals surface area contributed by atoms with Gasteiger partial charge in [-0.1, -0.05) is 13.8 Å². The summed E-state index contributed by atoms with van der Waals surface area (Å²) in [6.07, 6.45) is 2.17. The van der Waals surface area contributed by atoms with Gasteiger partial charge in [0.25, 0.3) is 0 Å². The number of nitriles is 1. The minimum atomic E-state index is -0.669. The minimum Gasteiger partial charge on any atom is -0.299 e.